The van der Waals surface area contributed by atoms with Gasteiger partial charge in [-0.3, -0.25) is 19.3 Å². The molecule has 0 aromatic heterocycles. The number of rotatable bonds is 5. The van der Waals surface area contributed by atoms with Crippen LogP contribution in [0.1, 0.15) is 42.9 Å². The maximum Gasteiger partial charge on any atom is 0.263 e. The van der Waals surface area contributed by atoms with Crippen molar-refractivity contribution in [1.29, 1.82) is 0 Å². The number of carbonyl (C=O) groups excluding carboxylic acids is 3. The first-order valence-electron chi connectivity index (χ1n) is 10.3. The Kier molecular flexibility index (Phi) is 7.32. The second kappa shape index (κ2) is 9.97. The highest BCUT2D eigenvalue weighted by Gasteiger charge is 2.40. The first kappa shape index (κ1) is 23.5. The Morgan fingerprint density at radius 1 is 1.09 bits per heavy atom. The van der Waals surface area contributed by atoms with Gasteiger partial charge in [-0.15, -0.1) is 0 Å². The van der Waals surface area contributed by atoms with Crippen molar-refractivity contribution < 1.29 is 28.3 Å². The monoisotopic (exact) mass is 445 g/mol. The van der Waals surface area contributed by atoms with E-state index in [2.05, 4.69) is 5.32 Å². The van der Waals surface area contributed by atoms with E-state index in [9.17, 15) is 28.3 Å². The molecule has 1 heterocycles. The fraction of sp³-hybridized carbons (Fsp3) is 0.348. The molecule has 2 aromatic carbocycles. The molecule has 0 spiro atoms. The molecule has 3 amide bonds. The van der Waals surface area contributed by atoms with Gasteiger partial charge in [0.25, 0.3) is 5.91 Å². The molecule has 32 heavy (non-hydrogen) atoms. The summed E-state index contributed by atoms with van der Waals surface area (Å²) in [5.74, 6) is -4.62. The van der Waals surface area contributed by atoms with Gasteiger partial charge >= 0.3 is 0 Å². The van der Waals surface area contributed by atoms with Gasteiger partial charge in [-0.05, 0) is 43.0 Å². The molecule has 0 radical (unpaired) electrons. The smallest absolute Gasteiger partial charge is 0.263 e. The summed E-state index contributed by atoms with van der Waals surface area (Å²) >= 11 is 0. The van der Waals surface area contributed by atoms with Gasteiger partial charge in [0.2, 0.25) is 11.8 Å². The summed E-state index contributed by atoms with van der Waals surface area (Å²) in [6, 6.07) is 9.29. The molecule has 9 heteroatoms. The van der Waals surface area contributed by atoms with Crippen molar-refractivity contribution in [1.82, 2.24) is 10.2 Å². The highest BCUT2D eigenvalue weighted by molar-refractivity contribution is 6.03. The maximum atomic E-state index is 13.6. The molecule has 7 nitrogen and oxygen atoms in total. The molecule has 0 unspecified atom stereocenters. The van der Waals surface area contributed by atoms with E-state index < -0.39 is 47.5 Å². The van der Waals surface area contributed by atoms with Gasteiger partial charge in [-0.2, -0.15) is 0 Å². The number of imide groups is 1. The normalized spacial score (nSPS) is 20.6. The van der Waals surface area contributed by atoms with Crippen LogP contribution in [0.5, 0.6) is 0 Å². The van der Waals surface area contributed by atoms with Crippen LogP contribution >= 0.6 is 0 Å². The van der Waals surface area contributed by atoms with Gasteiger partial charge < -0.3 is 16.2 Å². The van der Waals surface area contributed by atoms with Gasteiger partial charge in [-0.25, -0.2) is 8.78 Å². The van der Waals surface area contributed by atoms with E-state index >= 15 is 0 Å². The number of amides is 3. The van der Waals surface area contributed by atoms with Crippen LogP contribution in [-0.2, 0) is 14.4 Å². The summed E-state index contributed by atoms with van der Waals surface area (Å²) in [4.78, 5) is 39.4. The van der Waals surface area contributed by atoms with E-state index in [0.717, 1.165) is 17.7 Å². The maximum absolute atomic E-state index is 13.6. The average Bonchev–Trinajstić information content (AvgIpc) is 2.95. The fourth-order valence-electron chi connectivity index (χ4n) is 3.83. The molecule has 1 aliphatic heterocycles. The number of benzene rings is 2. The third-order valence-electron chi connectivity index (χ3n) is 5.50. The molecule has 0 bridgehead atoms. The lowest BCUT2D eigenvalue weighted by Gasteiger charge is -2.31. The van der Waals surface area contributed by atoms with Crippen molar-refractivity contribution in [3.63, 3.8) is 0 Å². The summed E-state index contributed by atoms with van der Waals surface area (Å²) in [6.07, 6.45) is -1.43. The summed E-state index contributed by atoms with van der Waals surface area (Å²) in [6.45, 7) is 1.66. The SMILES string of the molecule is C[C@H](N)C(=O)N(C(=O)[C@@H](O)c1cc(F)cc(F)c1)[C@H]1CC[C@@H](c2ccccc2)CNC1=O. The lowest BCUT2D eigenvalue weighted by Crippen LogP contribution is -2.56. The topological polar surface area (TPSA) is 113 Å². The number of nitrogens with zero attached hydrogens (tertiary/aromatic N) is 1. The van der Waals surface area contributed by atoms with E-state index in [1.54, 1.807) is 0 Å². The lowest BCUT2D eigenvalue weighted by atomic mass is 9.93. The zero-order valence-electron chi connectivity index (χ0n) is 17.5. The minimum Gasteiger partial charge on any atom is -0.378 e. The van der Waals surface area contributed by atoms with Crippen LogP contribution in [0.25, 0.3) is 0 Å². The first-order valence-corrected chi connectivity index (χ1v) is 10.3. The van der Waals surface area contributed by atoms with Crippen LogP contribution in [0.2, 0.25) is 0 Å². The molecule has 170 valence electrons. The summed E-state index contributed by atoms with van der Waals surface area (Å²) in [7, 11) is 0. The van der Waals surface area contributed by atoms with Crippen molar-refractivity contribution in [3.05, 3.63) is 71.3 Å². The predicted octanol–water partition coefficient (Wildman–Crippen LogP) is 1.76. The standard InChI is InChI=1S/C23H25F2N3O4/c1-13(26)22(31)28(23(32)20(29)16-9-17(24)11-18(25)10-16)19-8-7-15(12-27-21(19)30)14-5-3-2-4-6-14/h2-6,9-11,13,15,19-20,29H,7-8,12,26H2,1H3,(H,27,30)/t13-,15+,19-,20-/m0/s1. The minimum absolute atomic E-state index is 0.0326. The highest BCUT2D eigenvalue weighted by Crippen LogP contribution is 2.27. The third-order valence-corrected chi connectivity index (χ3v) is 5.50. The van der Waals surface area contributed by atoms with Crippen LogP contribution in [0.3, 0.4) is 0 Å². The van der Waals surface area contributed by atoms with E-state index in [-0.39, 0.29) is 17.9 Å². The Hall–Kier alpha value is -3.17. The van der Waals surface area contributed by atoms with E-state index in [1.165, 1.54) is 6.92 Å². The number of halogens is 2. The quantitative estimate of drug-likeness (QED) is 0.649. The first-order chi connectivity index (χ1) is 15.2. The van der Waals surface area contributed by atoms with Crippen LogP contribution in [0.4, 0.5) is 8.78 Å². The number of carbonyl (C=O) groups is 3. The number of hydrogen-bond acceptors (Lipinski definition) is 5. The Balaban J connectivity index is 1.90. The van der Waals surface area contributed by atoms with Crippen molar-refractivity contribution in [3.8, 4) is 0 Å². The molecule has 3 rings (SSSR count). The molecule has 1 fully saturated rings. The Bertz CT molecular complexity index is 980. The zero-order valence-corrected chi connectivity index (χ0v) is 17.5. The van der Waals surface area contributed by atoms with Gasteiger partial charge in [0.1, 0.15) is 17.7 Å². The zero-order chi connectivity index (χ0) is 23.4. The summed E-state index contributed by atoms with van der Waals surface area (Å²) in [5, 5.41) is 13.2. The molecular formula is C23H25F2N3O4. The van der Waals surface area contributed by atoms with Gasteiger partial charge in [0.05, 0.1) is 6.04 Å². The largest absolute Gasteiger partial charge is 0.378 e. The van der Waals surface area contributed by atoms with E-state index in [1.807, 2.05) is 30.3 Å². The van der Waals surface area contributed by atoms with Crippen molar-refractivity contribution in [2.75, 3.05) is 6.54 Å². The van der Waals surface area contributed by atoms with Gasteiger partial charge in [0.15, 0.2) is 6.10 Å². The van der Waals surface area contributed by atoms with Crippen LogP contribution < -0.4 is 11.1 Å². The molecular weight excluding hydrogens is 420 g/mol. The number of nitrogens with one attached hydrogen (secondary N) is 1. The average molecular weight is 445 g/mol. The van der Waals surface area contributed by atoms with E-state index in [4.69, 9.17) is 5.73 Å². The number of hydrogen-bond donors (Lipinski definition) is 3. The van der Waals surface area contributed by atoms with Crippen LogP contribution in [-0.4, -0.2) is 46.4 Å². The minimum atomic E-state index is -2.05. The van der Waals surface area contributed by atoms with Crippen LogP contribution in [0.15, 0.2) is 48.5 Å². The number of aliphatic hydroxyl groups is 1. The Labute approximate surface area is 184 Å². The third kappa shape index (κ3) is 5.17. The molecule has 4 N–H and O–H groups in total. The Morgan fingerprint density at radius 3 is 2.31 bits per heavy atom. The molecule has 4 atom stereocenters. The predicted molar refractivity (Wildman–Crippen MR) is 112 cm³/mol. The molecule has 1 aliphatic rings. The van der Waals surface area contributed by atoms with Gasteiger partial charge in [0, 0.05) is 18.5 Å². The number of nitrogens with two attached hydrogens (primary N) is 1. The van der Waals surface area contributed by atoms with Gasteiger partial charge in [-0.1, -0.05) is 30.3 Å². The summed E-state index contributed by atoms with van der Waals surface area (Å²) < 4.78 is 27.2. The second-order valence-corrected chi connectivity index (χ2v) is 7.89. The highest BCUT2D eigenvalue weighted by atomic mass is 19.1. The molecule has 2 aromatic rings. The number of aliphatic hydroxyl groups excluding tert-OH is 1. The Morgan fingerprint density at radius 2 is 1.72 bits per heavy atom. The molecule has 1 saturated heterocycles. The lowest BCUT2D eigenvalue weighted by molar-refractivity contribution is -0.157. The molecule has 0 aliphatic carbocycles. The fourth-order valence-corrected chi connectivity index (χ4v) is 3.83. The van der Waals surface area contributed by atoms with Crippen LogP contribution in [0, 0.1) is 11.6 Å². The van der Waals surface area contributed by atoms with Crippen molar-refractivity contribution in [2.45, 2.75) is 43.9 Å². The van der Waals surface area contributed by atoms with E-state index in [0.29, 0.717) is 23.9 Å². The molecule has 0 saturated carbocycles. The summed E-state index contributed by atoms with van der Waals surface area (Å²) in [5.41, 5.74) is 6.33. The second-order valence-electron chi connectivity index (χ2n) is 7.89. The van der Waals surface area contributed by atoms with Crippen molar-refractivity contribution in [2.24, 2.45) is 5.73 Å². The van der Waals surface area contributed by atoms with Crippen molar-refractivity contribution >= 4 is 17.7 Å².